The van der Waals surface area contributed by atoms with Gasteiger partial charge in [-0.05, 0) is 45.0 Å². The highest BCUT2D eigenvalue weighted by Gasteiger charge is 2.01. The minimum absolute atomic E-state index is 0.712. The number of aromatic nitrogens is 1. The van der Waals surface area contributed by atoms with Crippen LogP contribution < -0.4 is 5.43 Å². The van der Waals surface area contributed by atoms with Crippen LogP contribution in [0.5, 0.6) is 0 Å². The summed E-state index contributed by atoms with van der Waals surface area (Å²) in [6.07, 6.45) is 0. The molecular formula is C12H16N2O. The Labute approximate surface area is 89.7 Å². The van der Waals surface area contributed by atoms with E-state index in [1.807, 2.05) is 19.1 Å². The lowest BCUT2D eigenvalue weighted by atomic mass is 10.4. The van der Waals surface area contributed by atoms with Crippen LogP contribution in [0, 0.1) is 20.8 Å². The third-order valence-corrected chi connectivity index (χ3v) is 2.48. The van der Waals surface area contributed by atoms with Gasteiger partial charge < -0.3 is 9.84 Å². The Kier molecular flexibility index (Phi) is 2.54. The first kappa shape index (κ1) is 9.90. The lowest BCUT2D eigenvalue weighted by Crippen LogP contribution is -2.16. The van der Waals surface area contributed by atoms with Crippen LogP contribution in [-0.4, -0.2) is 4.68 Å². The molecule has 0 aliphatic rings. The van der Waals surface area contributed by atoms with Crippen molar-refractivity contribution in [2.45, 2.75) is 27.3 Å². The lowest BCUT2D eigenvalue weighted by molar-refractivity contribution is 0.483. The summed E-state index contributed by atoms with van der Waals surface area (Å²) < 4.78 is 7.55. The fourth-order valence-corrected chi connectivity index (χ4v) is 1.65. The molecule has 0 radical (unpaired) electrons. The van der Waals surface area contributed by atoms with E-state index < -0.39 is 0 Å². The molecule has 2 aromatic rings. The predicted molar refractivity (Wildman–Crippen MR) is 60.4 cm³/mol. The normalized spacial score (nSPS) is 10.6. The molecule has 0 spiro atoms. The second kappa shape index (κ2) is 3.85. The molecule has 0 bridgehead atoms. The topological polar surface area (TPSA) is 30.1 Å². The molecule has 0 fully saturated rings. The number of furan rings is 1. The van der Waals surface area contributed by atoms with Crippen LogP contribution in [-0.2, 0) is 6.54 Å². The van der Waals surface area contributed by atoms with E-state index in [-0.39, 0.29) is 0 Å². The maximum Gasteiger partial charge on any atom is 0.124 e. The largest absolute Gasteiger partial charge is 0.464 e. The summed E-state index contributed by atoms with van der Waals surface area (Å²) in [7, 11) is 0. The first-order valence-electron chi connectivity index (χ1n) is 5.11. The van der Waals surface area contributed by atoms with Crippen LogP contribution in [0.15, 0.2) is 28.7 Å². The highest BCUT2D eigenvalue weighted by atomic mass is 16.3. The van der Waals surface area contributed by atoms with E-state index in [2.05, 4.69) is 36.1 Å². The molecule has 0 atom stereocenters. The van der Waals surface area contributed by atoms with Crippen molar-refractivity contribution in [1.82, 2.24) is 4.68 Å². The zero-order chi connectivity index (χ0) is 10.8. The summed E-state index contributed by atoms with van der Waals surface area (Å²) >= 11 is 0. The van der Waals surface area contributed by atoms with Crippen LogP contribution in [0.2, 0.25) is 0 Å². The Morgan fingerprint density at radius 2 is 1.73 bits per heavy atom. The maximum atomic E-state index is 5.49. The van der Waals surface area contributed by atoms with Crippen molar-refractivity contribution in [3.05, 3.63) is 47.2 Å². The molecule has 2 rings (SSSR count). The van der Waals surface area contributed by atoms with Crippen LogP contribution in [0.1, 0.15) is 22.9 Å². The van der Waals surface area contributed by atoms with Crippen molar-refractivity contribution in [1.29, 1.82) is 0 Å². The van der Waals surface area contributed by atoms with Gasteiger partial charge in [-0.15, -0.1) is 0 Å². The highest BCUT2D eigenvalue weighted by Crippen LogP contribution is 2.08. The number of aryl methyl sites for hydroxylation is 3. The van der Waals surface area contributed by atoms with Gasteiger partial charge in [-0.2, -0.15) is 0 Å². The summed E-state index contributed by atoms with van der Waals surface area (Å²) in [5, 5.41) is 0. The van der Waals surface area contributed by atoms with Crippen molar-refractivity contribution >= 4 is 0 Å². The second-order valence-corrected chi connectivity index (χ2v) is 3.80. The Morgan fingerprint density at radius 1 is 1.07 bits per heavy atom. The van der Waals surface area contributed by atoms with Crippen LogP contribution in [0.25, 0.3) is 0 Å². The average molecular weight is 204 g/mol. The minimum atomic E-state index is 0.712. The van der Waals surface area contributed by atoms with E-state index in [1.54, 1.807) is 0 Å². The molecule has 0 amide bonds. The zero-order valence-corrected chi connectivity index (χ0v) is 9.37. The predicted octanol–water partition coefficient (Wildman–Crippen LogP) is 2.75. The van der Waals surface area contributed by atoms with Gasteiger partial charge in [0.2, 0.25) is 0 Å². The molecule has 3 nitrogen and oxygen atoms in total. The van der Waals surface area contributed by atoms with Gasteiger partial charge in [-0.1, -0.05) is 0 Å². The standard InChI is InChI=1S/C12H16N2O/c1-9-4-5-10(2)14(9)13-8-12-7-6-11(3)15-12/h4-7,13H,8H2,1-3H3. The van der Waals surface area contributed by atoms with Crippen molar-refractivity contribution < 1.29 is 4.42 Å². The van der Waals surface area contributed by atoms with Gasteiger partial charge in [0.25, 0.3) is 0 Å². The first-order chi connectivity index (χ1) is 7.16. The van der Waals surface area contributed by atoms with Crippen molar-refractivity contribution in [3.63, 3.8) is 0 Å². The quantitative estimate of drug-likeness (QED) is 0.833. The SMILES string of the molecule is Cc1ccc(CNn2c(C)ccc2C)o1. The van der Waals surface area contributed by atoms with Crippen molar-refractivity contribution in [3.8, 4) is 0 Å². The molecule has 2 aromatic heterocycles. The molecule has 80 valence electrons. The fraction of sp³-hybridized carbons (Fsp3) is 0.333. The van der Waals surface area contributed by atoms with Gasteiger partial charge in [0.05, 0.1) is 6.54 Å². The Morgan fingerprint density at radius 3 is 2.27 bits per heavy atom. The van der Waals surface area contributed by atoms with E-state index in [1.165, 1.54) is 11.4 Å². The number of nitrogens with one attached hydrogen (secondary N) is 1. The monoisotopic (exact) mass is 204 g/mol. The van der Waals surface area contributed by atoms with Gasteiger partial charge in [0.15, 0.2) is 0 Å². The molecule has 0 saturated carbocycles. The Bertz CT molecular complexity index is 434. The minimum Gasteiger partial charge on any atom is -0.464 e. The summed E-state index contributed by atoms with van der Waals surface area (Å²) in [6.45, 7) is 6.82. The van der Waals surface area contributed by atoms with Gasteiger partial charge in [0, 0.05) is 11.4 Å². The summed E-state index contributed by atoms with van der Waals surface area (Å²) in [5.41, 5.74) is 5.72. The lowest BCUT2D eigenvalue weighted by Gasteiger charge is -2.10. The van der Waals surface area contributed by atoms with E-state index >= 15 is 0 Å². The average Bonchev–Trinajstić information content (AvgIpc) is 2.73. The highest BCUT2D eigenvalue weighted by molar-refractivity contribution is 5.16. The molecular weight excluding hydrogens is 188 g/mol. The molecule has 2 heterocycles. The first-order valence-corrected chi connectivity index (χ1v) is 5.11. The number of nitrogens with zero attached hydrogens (tertiary/aromatic N) is 1. The van der Waals surface area contributed by atoms with Gasteiger partial charge in [0.1, 0.15) is 11.5 Å². The summed E-state index contributed by atoms with van der Waals surface area (Å²) in [4.78, 5) is 0. The Hall–Kier alpha value is -1.64. The molecule has 0 aliphatic carbocycles. The summed E-state index contributed by atoms with van der Waals surface area (Å²) in [6, 6.07) is 8.16. The summed E-state index contributed by atoms with van der Waals surface area (Å²) in [5.74, 6) is 1.91. The second-order valence-electron chi connectivity index (χ2n) is 3.80. The van der Waals surface area contributed by atoms with Crippen LogP contribution >= 0.6 is 0 Å². The number of hydrogen-bond donors (Lipinski definition) is 1. The molecule has 0 unspecified atom stereocenters. The van der Waals surface area contributed by atoms with Gasteiger partial charge >= 0.3 is 0 Å². The van der Waals surface area contributed by atoms with Gasteiger partial charge in [-0.25, -0.2) is 0 Å². The molecule has 0 saturated heterocycles. The third kappa shape index (κ3) is 2.06. The number of rotatable bonds is 3. The molecule has 15 heavy (non-hydrogen) atoms. The maximum absolute atomic E-state index is 5.49. The molecule has 1 N–H and O–H groups in total. The third-order valence-electron chi connectivity index (χ3n) is 2.48. The smallest absolute Gasteiger partial charge is 0.124 e. The van der Waals surface area contributed by atoms with Crippen LogP contribution in [0.4, 0.5) is 0 Å². The van der Waals surface area contributed by atoms with Crippen LogP contribution in [0.3, 0.4) is 0 Å². The fourth-order valence-electron chi connectivity index (χ4n) is 1.65. The molecule has 0 aliphatic heterocycles. The van der Waals surface area contributed by atoms with E-state index in [0.29, 0.717) is 6.54 Å². The van der Waals surface area contributed by atoms with Crippen molar-refractivity contribution in [2.75, 3.05) is 5.43 Å². The van der Waals surface area contributed by atoms with E-state index in [4.69, 9.17) is 4.42 Å². The number of hydrogen-bond acceptors (Lipinski definition) is 2. The Balaban J connectivity index is 2.05. The van der Waals surface area contributed by atoms with E-state index in [0.717, 1.165) is 11.5 Å². The van der Waals surface area contributed by atoms with E-state index in [9.17, 15) is 0 Å². The molecule has 0 aromatic carbocycles. The van der Waals surface area contributed by atoms with Crippen molar-refractivity contribution in [2.24, 2.45) is 0 Å². The van der Waals surface area contributed by atoms with Gasteiger partial charge in [-0.3, -0.25) is 4.68 Å². The zero-order valence-electron chi connectivity index (χ0n) is 9.37. The molecule has 3 heteroatoms.